The molecule has 3 aromatic rings. The zero-order chi connectivity index (χ0) is 30.9. The lowest BCUT2D eigenvalue weighted by molar-refractivity contribution is -0.0678. The molecule has 6 N–H and O–H groups in total. The minimum atomic E-state index is -4.21. The van der Waals surface area contributed by atoms with Crippen LogP contribution in [-0.4, -0.2) is 95.7 Å². The maximum Gasteiger partial charge on any atom is 0.330 e. The van der Waals surface area contributed by atoms with Crippen LogP contribution in [0.5, 0.6) is 0 Å². The largest absolute Gasteiger partial charge is 0.397 e. The molecule has 3 aromatic heterocycles. The number of aliphatic hydroxyl groups excluding tert-OH is 2. The second kappa shape index (κ2) is 12.9. The topological polar surface area (TPSA) is 218 Å². The van der Waals surface area contributed by atoms with Crippen LogP contribution in [0.1, 0.15) is 19.4 Å². The number of nitrogens with zero attached hydrogens (tertiary/aromatic N) is 4. The van der Waals surface area contributed by atoms with Gasteiger partial charge in [0.25, 0.3) is 5.56 Å². The van der Waals surface area contributed by atoms with Crippen LogP contribution in [-0.2, 0) is 35.1 Å². The number of anilines is 1. The molecule has 0 bridgehead atoms. The molecule has 2 aliphatic heterocycles. The third-order valence-electron chi connectivity index (χ3n) is 6.83. The average Bonchev–Trinajstić information content (AvgIpc) is 3.62. The molecule has 0 spiro atoms. The summed E-state index contributed by atoms with van der Waals surface area (Å²) in [6, 6.07) is 2.62. The van der Waals surface area contributed by atoms with Gasteiger partial charge in [0.1, 0.15) is 42.6 Å². The molecular weight excluding hydrogens is 614 g/mol. The van der Waals surface area contributed by atoms with E-state index in [1.54, 1.807) is 6.92 Å². The predicted molar refractivity (Wildman–Crippen MR) is 150 cm³/mol. The van der Waals surface area contributed by atoms with Crippen LogP contribution < -0.4 is 17.0 Å². The number of aliphatic hydroxyl groups is 2. The highest BCUT2D eigenvalue weighted by Crippen LogP contribution is 2.50. The van der Waals surface area contributed by atoms with Gasteiger partial charge < -0.3 is 39.6 Å². The quantitative estimate of drug-likeness (QED) is 0.133. The van der Waals surface area contributed by atoms with E-state index in [0.29, 0.717) is 11.2 Å². The lowest BCUT2D eigenvalue weighted by atomic mass is 10.1. The molecule has 232 valence electrons. The smallest absolute Gasteiger partial charge is 0.330 e. The monoisotopic (exact) mass is 642 g/mol. The third kappa shape index (κ3) is 6.42. The number of rotatable bonds is 10. The minimum Gasteiger partial charge on any atom is -0.397 e. The second-order valence-corrected chi connectivity index (χ2v) is 12.3. The average molecular weight is 643 g/mol. The lowest BCUT2D eigenvalue weighted by Crippen LogP contribution is -2.40. The van der Waals surface area contributed by atoms with E-state index in [9.17, 15) is 24.7 Å². The fraction of sp³-hybridized carbons (Fsp3) is 0.500. The number of pyridine rings is 1. The number of halogens is 1. The number of hydrogen-bond donors (Lipinski definition) is 5. The molecule has 2 saturated heterocycles. The first kappa shape index (κ1) is 31.3. The number of aromatic amines is 1. The number of ether oxygens (including phenoxy) is 3. The van der Waals surface area contributed by atoms with Crippen molar-refractivity contribution in [1.82, 2.24) is 24.1 Å². The highest BCUT2D eigenvalue weighted by atomic mass is 32.5. The molecule has 2 aliphatic rings. The number of fused-ring (bicyclic) bond motifs is 1. The van der Waals surface area contributed by atoms with E-state index in [4.69, 9.17) is 40.8 Å². The summed E-state index contributed by atoms with van der Waals surface area (Å²) in [5, 5.41) is 20.5. The summed E-state index contributed by atoms with van der Waals surface area (Å²) in [5.41, 5.74) is 5.32. The standard InChI is InChI=1S/C24H28FN6O10PS/c1-2-3-8-37-20-19(13(9-32)39-23(20)30-7-5-15(33)29-24(30)35)41-42(36,43)38-10-14-18(34)16(25)22(40-14)31-11-28-17-12(26)4-6-27-21(17)31/h4-7,11,13-14,16,18-20,22-23,32,34H,8-10H2,1H3,(H2,26,27)(H,36,43)(H,29,33,35)/t13-,14-,16+,18?,19?,20+,22-,23-,42?/m1/s1. The molecular formula is C24H28FN6O10PS. The first-order valence-electron chi connectivity index (χ1n) is 12.8. The number of alkyl halides is 1. The fourth-order valence-electron chi connectivity index (χ4n) is 4.78. The van der Waals surface area contributed by atoms with Crippen molar-refractivity contribution in [1.29, 1.82) is 0 Å². The number of imidazole rings is 1. The van der Waals surface area contributed by atoms with E-state index in [1.807, 2.05) is 0 Å². The van der Waals surface area contributed by atoms with Crippen molar-refractivity contribution in [3.63, 3.8) is 0 Å². The Labute approximate surface area is 247 Å². The summed E-state index contributed by atoms with van der Waals surface area (Å²) >= 11 is 5.17. The molecule has 19 heteroatoms. The Balaban J connectivity index is 1.31. The molecule has 5 rings (SSSR count). The zero-order valence-electron chi connectivity index (χ0n) is 22.4. The van der Waals surface area contributed by atoms with Crippen molar-refractivity contribution < 1.29 is 42.8 Å². The van der Waals surface area contributed by atoms with Crippen molar-refractivity contribution >= 4 is 35.4 Å². The highest BCUT2D eigenvalue weighted by Gasteiger charge is 2.50. The minimum absolute atomic E-state index is 0.142. The zero-order valence-corrected chi connectivity index (χ0v) is 24.1. The van der Waals surface area contributed by atoms with Gasteiger partial charge in [0, 0.05) is 18.5 Å². The van der Waals surface area contributed by atoms with Gasteiger partial charge >= 0.3 is 12.4 Å². The summed E-state index contributed by atoms with van der Waals surface area (Å²) in [5.74, 6) is 5.33. The Bertz CT molecular complexity index is 1690. The van der Waals surface area contributed by atoms with Gasteiger partial charge in [0.15, 0.2) is 24.3 Å². The fourth-order valence-corrected chi connectivity index (χ4v) is 6.22. The van der Waals surface area contributed by atoms with Crippen LogP contribution in [0.2, 0.25) is 0 Å². The number of aromatic nitrogens is 5. The van der Waals surface area contributed by atoms with Crippen molar-refractivity contribution in [2.45, 2.75) is 56.1 Å². The number of H-pyrrole nitrogens is 1. The predicted octanol–water partition coefficient (Wildman–Crippen LogP) is -0.923. The van der Waals surface area contributed by atoms with Crippen LogP contribution in [0.4, 0.5) is 10.1 Å². The Morgan fingerprint density at radius 2 is 1.98 bits per heavy atom. The Morgan fingerprint density at radius 3 is 2.70 bits per heavy atom. The molecule has 2 fully saturated rings. The maximum absolute atomic E-state index is 15.2. The third-order valence-corrected chi connectivity index (χ3v) is 8.39. The number of nitrogens with one attached hydrogen (secondary N) is 1. The molecule has 3 unspecified atom stereocenters. The van der Waals surface area contributed by atoms with Crippen LogP contribution >= 0.6 is 6.72 Å². The Hall–Kier alpha value is -3.08. The number of hydrogen-bond acceptors (Lipinski definition) is 13. The van der Waals surface area contributed by atoms with E-state index in [1.165, 1.54) is 29.4 Å². The summed E-state index contributed by atoms with van der Waals surface area (Å²) in [6.07, 6.45) is -7.19. The maximum atomic E-state index is 15.2. The number of nitrogens with two attached hydrogens (primary N) is 1. The molecule has 0 radical (unpaired) electrons. The van der Waals surface area contributed by atoms with Gasteiger partial charge in [0.2, 0.25) is 0 Å². The Kier molecular flexibility index (Phi) is 9.39. The van der Waals surface area contributed by atoms with Crippen LogP contribution in [0.15, 0.2) is 40.4 Å². The molecule has 0 aromatic carbocycles. The summed E-state index contributed by atoms with van der Waals surface area (Å²) < 4.78 is 45.8. The van der Waals surface area contributed by atoms with Gasteiger partial charge in [-0.3, -0.25) is 23.4 Å². The second-order valence-electron chi connectivity index (χ2n) is 9.53. The summed E-state index contributed by atoms with van der Waals surface area (Å²) in [4.78, 5) is 45.3. The Morgan fingerprint density at radius 1 is 1.21 bits per heavy atom. The molecule has 0 amide bonds. The van der Waals surface area contributed by atoms with Crippen LogP contribution in [0.3, 0.4) is 0 Å². The van der Waals surface area contributed by atoms with E-state index < -0.39 is 80.3 Å². The van der Waals surface area contributed by atoms with Gasteiger partial charge in [-0.25, -0.2) is 19.2 Å². The molecule has 9 atom stereocenters. The normalized spacial score (nSPS) is 30.3. The molecule has 43 heavy (non-hydrogen) atoms. The molecule has 0 saturated carbocycles. The van der Waals surface area contributed by atoms with Crippen molar-refractivity contribution in [2.24, 2.45) is 0 Å². The molecule has 5 heterocycles. The highest BCUT2D eigenvalue weighted by molar-refractivity contribution is 8.07. The first-order valence-corrected chi connectivity index (χ1v) is 15.4. The van der Waals surface area contributed by atoms with Gasteiger partial charge in [0.05, 0.1) is 25.2 Å². The van der Waals surface area contributed by atoms with Crippen molar-refractivity contribution in [3.05, 3.63) is 51.7 Å². The van der Waals surface area contributed by atoms with E-state index in [2.05, 4.69) is 26.8 Å². The SMILES string of the molecule is CC#CCO[C@H]1C(OP(O)(=S)OC[C@H]2O[C@@H](n3cnc4c(N)ccnc43)[C@@H](F)C2O)[C@@H](CO)O[C@H]1n1ccc(=O)[nH]c1=O. The molecule has 0 aliphatic carbocycles. The van der Waals surface area contributed by atoms with Gasteiger partial charge in [-0.15, -0.1) is 5.92 Å². The van der Waals surface area contributed by atoms with E-state index >= 15 is 4.39 Å². The first-order chi connectivity index (χ1) is 20.5. The number of nitrogen functional groups attached to an aromatic ring is 1. The van der Waals surface area contributed by atoms with Gasteiger partial charge in [-0.2, -0.15) is 0 Å². The van der Waals surface area contributed by atoms with Gasteiger partial charge in [-0.05, 0) is 24.8 Å². The lowest BCUT2D eigenvalue weighted by Gasteiger charge is -2.28. The van der Waals surface area contributed by atoms with E-state index in [-0.39, 0.29) is 12.3 Å². The van der Waals surface area contributed by atoms with Crippen LogP contribution in [0, 0.1) is 11.8 Å². The summed E-state index contributed by atoms with van der Waals surface area (Å²) in [6.45, 7) is -3.99. The molecule has 16 nitrogen and oxygen atoms in total. The van der Waals surface area contributed by atoms with Crippen molar-refractivity contribution in [3.8, 4) is 11.8 Å². The van der Waals surface area contributed by atoms with E-state index in [0.717, 1.165) is 10.6 Å². The summed E-state index contributed by atoms with van der Waals surface area (Å²) in [7, 11) is 0. The van der Waals surface area contributed by atoms with Crippen molar-refractivity contribution in [2.75, 3.05) is 25.6 Å². The van der Waals surface area contributed by atoms with Crippen LogP contribution in [0.25, 0.3) is 11.2 Å². The van der Waals surface area contributed by atoms with Gasteiger partial charge in [-0.1, -0.05) is 5.92 Å².